The molecule has 0 spiro atoms. The number of rotatable bonds is 2. The number of nitrogens with zero attached hydrogens (tertiary/aromatic N) is 1. The maximum Gasteiger partial charge on any atom is 0.243 e. The van der Waals surface area contributed by atoms with E-state index in [-0.39, 0.29) is 4.90 Å². The first-order valence-electron chi connectivity index (χ1n) is 6.98. The van der Waals surface area contributed by atoms with E-state index in [2.05, 4.69) is 0 Å². The Kier molecular flexibility index (Phi) is 4.94. The number of nitrogen functional groups attached to an aromatic ring is 1. The van der Waals surface area contributed by atoms with Gasteiger partial charge in [-0.15, -0.1) is 0 Å². The van der Waals surface area contributed by atoms with Crippen LogP contribution in [-0.2, 0) is 10.0 Å². The van der Waals surface area contributed by atoms with Crippen LogP contribution < -0.4 is 5.73 Å². The summed E-state index contributed by atoms with van der Waals surface area (Å²) < 4.78 is 27.1. The van der Waals surface area contributed by atoms with Crippen LogP contribution in [0.3, 0.4) is 0 Å². The van der Waals surface area contributed by atoms with Gasteiger partial charge in [-0.3, -0.25) is 0 Å². The number of benzene rings is 1. The smallest absolute Gasteiger partial charge is 0.243 e. The normalized spacial score (nSPS) is 18.5. The molecule has 20 heavy (non-hydrogen) atoms. The Hall–Kier alpha value is -0.780. The van der Waals surface area contributed by atoms with E-state index in [0.717, 1.165) is 25.7 Å². The van der Waals surface area contributed by atoms with Gasteiger partial charge < -0.3 is 5.73 Å². The van der Waals surface area contributed by atoms with E-state index in [0.29, 0.717) is 29.4 Å². The highest BCUT2D eigenvalue weighted by Gasteiger charge is 2.26. The molecule has 1 fully saturated rings. The summed E-state index contributed by atoms with van der Waals surface area (Å²) in [6, 6.07) is 3.10. The average molecular weight is 317 g/mol. The molecule has 2 rings (SSSR count). The lowest BCUT2D eigenvalue weighted by molar-refractivity contribution is 0.364. The maximum absolute atomic E-state index is 12.8. The number of hydrogen-bond acceptors (Lipinski definition) is 3. The fourth-order valence-electron chi connectivity index (χ4n) is 2.54. The van der Waals surface area contributed by atoms with Crippen molar-refractivity contribution in [1.29, 1.82) is 0 Å². The van der Waals surface area contributed by atoms with Gasteiger partial charge in [0.25, 0.3) is 0 Å². The Bertz CT molecular complexity index is 579. The van der Waals surface area contributed by atoms with Gasteiger partial charge in [0, 0.05) is 13.1 Å². The number of aryl methyl sites for hydroxylation is 1. The van der Waals surface area contributed by atoms with Crippen molar-refractivity contribution in [2.24, 2.45) is 0 Å². The molecule has 1 heterocycles. The second kappa shape index (κ2) is 6.33. The average Bonchev–Trinajstić information content (AvgIpc) is 2.32. The number of halogens is 1. The first-order chi connectivity index (χ1) is 9.43. The highest BCUT2D eigenvalue weighted by molar-refractivity contribution is 7.89. The molecule has 1 aliphatic heterocycles. The van der Waals surface area contributed by atoms with E-state index in [9.17, 15) is 8.42 Å². The predicted octanol–water partition coefficient (Wildman–Crippen LogP) is 3.19. The summed E-state index contributed by atoms with van der Waals surface area (Å²) >= 11 is 5.94. The fourth-order valence-corrected chi connectivity index (χ4v) is 4.52. The second-order valence-electron chi connectivity index (χ2n) is 5.31. The summed E-state index contributed by atoms with van der Waals surface area (Å²) in [4.78, 5) is 0.278. The third-order valence-electron chi connectivity index (χ3n) is 3.73. The van der Waals surface area contributed by atoms with Gasteiger partial charge in [-0.25, -0.2) is 8.42 Å². The third kappa shape index (κ3) is 3.27. The molecule has 1 aromatic carbocycles. The minimum atomic E-state index is -3.48. The van der Waals surface area contributed by atoms with E-state index in [1.807, 2.05) is 0 Å². The predicted molar refractivity (Wildman–Crippen MR) is 82.4 cm³/mol. The molecular weight excluding hydrogens is 296 g/mol. The molecule has 1 aliphatic rings. The molecule has 0 aliphatic carbocycles. The van der Waals surface area contributed by atoms with Crippen molar-refractivity contribution in [1.82, 2.24) is 4.31 Å². The van der Waals surface area contributed by atoms with Gasteiger partial charge in [0.15, 0.2) is 0 Å². The molecule has 112 valence electrons. The summed E-state index contributed by atoms with van der Waals surface area (Å²) in [5.41, 5.74) is 6.71. The number of hydrogen-bond donors (Lipinski definition) is 1. The van der Waals surface area contributed by atoms with E-state index in [1.165, 1.54) is 12.5 Å². The van der Waals surface area contributed by atoms with Gasteiger partial charge >= 0.3 is 0 Å². The third-order valence-corrected chi connectivity index (χ3v) is 6.10. The van der Waals surface area contributed by atoms with Crippen LogP contribution in [0.25, 0.3) is 0 Å². The van der Waals surface area contributed by atoms with Crippen molar-refractivity contribution in [3.63, 3.8) is 0 Å². The summed E-state index contributed by atoms with van der Waals surface area (Å²) in [5, 5.41) is 0.397. The maximum atomic E-state index is 12.8. The lowest BCUT2D eigenvalue weighted by atomic mass is 10.1. The Labute approximate surface area is 126 Å². The highest BCUT2D eigenvalue weighted by atomic mass is 35.5. The van der Waals surface area contributed by atoms with Crippen molar-refractivity contribution in [3.8, 4) is 0 Å². The minimum Gasteiger partial charge on any atom is -0.397 e. The molecule has 1 saturated heterocycles. The van der Waals surface area contributed by atoms with Gasteiger partial charge in [-0.1, -0.05) is 30.9 Å². The standard InChI is InChI=1S/C14H21ClN2O2S/c1-11-9-12(15)13(16)10-14(11)20(18,19)17-7-5-3-2-4-6-8-17/h9-10H,2-8,16H2,1H3. The summed E-state index contributed by atoms with van der Waals surface area (Å²) in [7, 11) is -3.48. The van der Waals surface area contributed by atoms with E-state index in [4.69, 9.17) is 17.3 Å². The van der Waals surface area contributed by atoms with Crippen LogP contribution >= 0.6 is 11.6 Å². The largest absolute Gasteiger partial charge is 0.397 e. The van der Waals surface area contributed by atoms with Crippen LogP contribution in [0.2, 0.25) is 5.02 Å². The molecule has 4 nitrogen and oxygen atoms in total. The zero-order valence-electron chi connectivity index (χ0n) is 11.7. The molecule has 0 unspecified atom stereocenters. The first-order valence-corrected chi connectivity index (χ1v) is 8.80. The highest BCUT2D eigenvalue weighted by Crippen LogP contribution is 2.29. The molecule has 2 N–H and O–H groups in total. The van der Waals surface area contributed by atoms with Crippen LogP contribution in [0, 0.1) is 6.92 Å². The molecule has 0 atom stereocenters. The van der Waals surface area contributed by atoms with Gasteiger partial charge in [-0.05, 0) is 37.5 Å². The first kappa shape index (κ1) is 15.6. The number of sulfonamides is 1. The summed E-state index contributed by atoms with van der Waals surface area (Å²) in [6.45, 7) is 2.93. The topological polar surface area (TPSA) is 63.4 Å². The Morgan fingerprint density at radius 1 is 1.10 bits per heavy atom. The van der Waals surface area contributed by atoms with Crippen LogP contribution in [0.1, 0.15) is 37.7 Å². The van der Waals surface area contributed by atoms with Gasteiger partial charge in [0.2, 0.25) is 10.0 Å². The Balaban J connectivity index is 2.35. The summed E-state index contributed by atoms with van der Waals surface area (Å²) in [6.07, 6.45) is 5.21. The molecule has 1 aromatic rings. The molecule has 0 saturated carbocycles. The zero-order valence-corrected chi connectivity index (χ0v) is 13.3. The van der Waals surface area contributed by atoms with Gasteiger partial charge in [0.1, 0.15) is 0 Å². The second-order valence-corrected chi connectivity index (χ2v) is 7.62. The van der Waals surface area contributed by atoms with E-state index >= 15 is 0 Å². The van der Waals surface area contributed by atoms with E-state index < -0.39 is 10.0 Å². The van der Waals surface area contributed by atoms with E-state index in [1.54, 1.807) is 17.3 Å². The number of nitrogens with two attached hydrogens (primary N) is 1. The van der Waals surface area contributed by atoms with Crippen LogP contribution in [0.15, 0.2) is 17.0 Å². The lowest BCUT2D eigenvalue weighted by Gasteiger charge is -2.25. The van der Waals surface area contributed by atoms with Crippen LogP contribution in [0.5, 0.6) is 0 Å². The molecular formula is C14H21ClN2O2S. The Morgan fingerprint density at radius 3 is 2.25 bits per heavy atom. The van der Waals surface area contributed by atoms with Crippen molar-refractivity contribution < 1.29 is 8.42 Å². The zero-order chi connectivity index (χ0) is 14.8. The van der Waals surface area contributed by atoms with Crippen LogP contribution in [-0.4, -0.2) is 25.8 Å². The minimum absolute atomic E-state index is 0.278. The Morgan fingerprint density at radius 2 is 1.65 bits per heavy atom. The lowest BCUT2D eigenvalue weighted by Crippen LogP contribution is -2.34. The number of anilines is 1. The molecule has 0 bridgehead atoms. The van der Waals surface area contributed by atoms with Crippen LogP contribution in [0.4, 0.5) is 5.69 Å². The molecule has 0 amide bonds. The molecule has 6 heteroatoms. The fraction of sp³-hybridized carbons (Fsp3) is 0.571. The molecule has 0 aromatic heterocycles. The van der Waals surface area contributed by atoms with Gasteiger partial charge in [0.05, 0.1) is 15.6 Å². The quantitative estimate of drug-likeness (QED) is 0.852. The molecule has 0 radical (unpaired) electrons. The van der Waals surface area contributed by atoms with Gasteiger partial charge in [-0.2, -0.15) is 4.31 Å². The monoisotopic (exact) mass is 316 g/mol. The van der Waals surface area contributed by atoms with Crippen molar-refractivity contribution in [2.45, 2.75) is 43.9 Å². The summed E-state index contributed by atoms with van der Waals surface area (Å²) in [5.74, 6) is 0. The van der Waals surface area contributed by atoms with Crippen molar-refractivity contribution in [3.05, 3.63) is 22.7 Å². The SMILES string of the molecule is Cc1cc(Cl)c(N)cc1S(=O)(=O)N1CCCCCCC1. The van der Waals surface area contributed by atoms with Crippen molar-refractivity contribution in [2.75, 3.05) is 18.8 Å². The van der Waals surface area contributed by atoms with Crippen molar-refractivity contribution >= 4 is 27.3 Å².